The molecule has 0 saturated heterocycles. The van der Waals surface area contributed by atoms with E-state index in [1.54, 1.807) is 11.0 Å². The number of benzene rings is 1. The van der Waals surface area contributed by atoms with Crippen LogP contribution in [0, 0.1) is 0 Å². The van der Waals surface area contributed by atoms with Gasteiger partial charge in [0.1, 0.15) is 0 Å². The van der Waals surface area contributed by atoms with Crippen molar-refractivity contribution >= 4 is 22.9 Å². The van der Waals surface area contributed by atoms with E-state index in [0.717, 1.165) is 11.1 Å². The monoisotopic (exact) mass is 271 g/mol. The number of nitrogens with zero attached hydrogens (tertiary/aromatic N) is 1. The Kier molecular flexibility index (Phi) is 2.97. The fraction of sp³-hybridized carbons (Fsp3) is 0.133. The number of rotatable bonds is 3. The molecule has 2 heterocycles. The minimum Gasteiger partial charge on any atom is -0.387 e. The molecule has 0 radical (unpaired) electrons. The lowest BCUT2D eigenvalue weighted by Crippen LogP contribution is -2.27. The molecule has 3 nitrogen and oxygen atoms in total. The van der Waals surface area contributed by atoms with Crippen LogP contribution in [0.15, 0.2) is 47.7 Å². The number of thiophene rings is 1. The molecule has 2 aromatic rings. The van der Waals surface area contributed by atoms with Gasteiger partial charge in [0.2, 0.25) is 0 Å². The molecule has 0 aliphatic carbocycles. The van der Waals surface area contributed by atoms with Gasteiger partial charge in [-0.05, 0) is 28.5 Å². The third kappa shape index (κ3) is 1.99. The molecule has 1 atom stereocenters. The highest BCUT2D eigenvalue weighted by atomic mass is 32.1. The maximum atomic E-state index is 12.3. The zero-order valence-corrected chi connectivity index (χ0v) is 11.1. The van der Waals surface area contributed by atoms with Crippen LogP contribution in [0.4, 0.5) is 0 Å². The molecule has 0 bridgehead atoms. The molecule has 1 N–H and O–H groups in total. The largest absolute Gasteiger partial charge is 0.387 e. The van der Waals surface area contributed by atoms with E-state index in [1.807, 2.05) is 35.0 Å². The maximum Gasteiger partial charge on any atom is 0.259 e. The van der Waals surface area contributed by atoms with Gasteiger partial charge in [0, 0.05) is 16.8 Å². The smallest absolute Gasteiger partial charge is 0.259 e. The number of β-amino-alcohol motifs (C(OH)–C–C–N with tert-alkyl or cyclic N) is 1. The van der Waals surface area contributed by atoms with Gasteiger partial charge in [0.05, 0.1) is 12.6 Å². The van der Waals surface area contributed by atoms with E-state index in [0.29, 0.717) is 11.3 Å². The highest BCUT2D eigenvalue weighted by Gasteiger charge is 2.32. The van der Waals surface area contributed by atoms with Gasteiger partial charge in [-0.2, -0.15) is 11.3 Å². The molecule has 3 rings (SSSR count). The number of hydrogen-bond acceptors (Lipinski definition) is 3. The first-order valence-electron chi connectivity index (χ1n) is 5.99. The Bertz CT molecular complexity index is 598. The Morgan fingerprint density at radius 1 is 1.26 bits per heavy atom. The van der Waals surface area contributed by atoms with Gasteiger partial charge in [-0.15, -0.1) is 0 Å². The average Bonchev–Trinajstić information content (AvgIpc) is 3.03. The average molecular weight is 271 g/mol. The standard InChI is InChI=1S/C15H13NO2S/c1-10-12-4-2-3-5-13(12)15(18)16(10)8-14(17)11-6-7-19-9-11/h2-7,9,14,17H,1,8H2. The molecule has 1 unspecified atom stereocenters. The minimum atomic E-state index is -0.679. The van der Waals surface area contributed by atoms with Crippen LogP contribution in [0.2, 0.25) is 0 Å². The highest BCUT2D eigenvalue weighted by Crippen LogP contribution is 2.32. The maximum absolute atomic E-state index is 12.3. The lowest BCUT2D eigenvalue weighted by Gasteiger charge is -2.20. The third-order valence-corrected chi connectivity index (χ3v) is 4.02. The zero-order valence-electron chi connectivity index (χ0n) is 10.2. The Labute approximate surface area is 115 Å². The van der Waals surface area contributed by atoms with Crippen molar-refractivity contribution in [3.05, 3.63) is 64.4 Å². The highest BCUT2D eigenvalue weighted by molar-refractivity contribution is 7.07. The first-order chi connectivity index (χ1) is 9.18. The van der Waals surface area contributed by atoms with E-state index < -0.39 is 6.10 Å². The van der Waals surface area contributed by atoms with E-state index in [2.05, 4.69) is 6.58 Å². The first kappa shape index (κ1) is 12.1. The second-order valence-corrected chi connectivity index (χ2v) is 5.26. The minimum absolute atomic E-state index is 0.0881. The van der Waals surface area contributed by atoms with Crippen LogP contribution in [0.1, 0.15) is 27.6 Å². The summed E-state index contributed by atoms with van der Waals surface area (Å²) in [5.74, 6) is -0.0881. The molecule has 1 amide bonds. The number of carbonyl (C=O) groups excluding carboxylic acids is 1. The Morgan fingerprint density at radius 2 is 2.00 bits per heavy atom. The van der Waals surface area contributed by atoms with Crippen LogP contribution in [0.5, 0.6) is 0 Å². The second kappa shape index (κ2) is 4.64. The summed E-state index contributed by atoms with van der Waals surface area (Å²) in [5.41, 5.74) is 3.01. The molecular weight excluding hydrogens is 258 g/mol. The number of amides is 1. The van der Waals surface area contributed by atoms with E-state index in [-0.39, 0.29) is 12.5 Å². The Morgan fingerprint density at radius 3 is 2.63 bits per heavy atom. The van der Waals surface area contributed by atoms with Crippen molar-refractivity contribution in [3.63, 3.8) is 0 Å². The molecule has 0 spiro atoms. The summed E-state index contributed by atoms with van der Waals surface area (Å²) < 4.78 is 0. The van der Waals surface area contributed by atoms with Gasteiger partial charge in [-0.25, -0.2) is 0 Å². The summed E-state index contributed by atoms with van der Waals surface area (Å²) in [6, 6.07) is 9.26. The number of aliphatic hydroxyl groups excluding tert-OH is 1. The van der Waals surface area contributed by atoms with Crippen LogP contribution < -0.4 is 0 Å². The van der Waals surface area contributed by atoms with Crippen LogP contribution in [0.25, 0.3) is 5.70 Å². The van der Waals surface area contributed by atoms with Crippen LogP contribution in [0.3, 0.4) is 0 Å². The molecule has 4 heteroatoms. The summed E-state index contributed by atoms with van der Waals surface area (Å²) in [6.07, 6.45) is -0.679. The summed E-state index contributed by atoms with van der Waals surface area (Å²) in [7, 11) is 0. The summed E-state index contributed by atoms with van der Waals surface area (Å²) in [4.78, 5) is 13.8. The van der Waals surface area contributed by atoms with Crippen LogP contribution >= 0.6 is 11.3 Å². The van der Waals surface area contributed by atoms with Gasteiger partial charge >= 0.3 is 0 Å². The van der Waals surface area contributed by atoms with Crippen molar-refractivity contribution in [2.75, 3.05) is 6.54 Å². The van der Waals surface area contributed by atoms with E-state index in [9.17, 15) is 9.90 Å². The van der Waals surface area contributed by atoms with Gasteiger partial charge in [-0.1, -0.05) is 24.8 Å². The molecule has 19 heavy (non-hydrogen) atoms. The van der Waals surface area contributed by atoms with Crippen LogP contribution in [-0.2, 0) is 0 Å². The number of carbonyl (C=O) groups is 1. The van der Waals surface area contributed by atoms with Crippen molar-refractivity contribution in [1.29, 1.82) is 0 Å². The fourth-order valence-corrected chi connectivity index (χ4v) is 2.98. The predicted octanol–water partition coefficient (Wildman–Crippen LogP) is 2.91. The van der Waals surface area contributed by atoms with Gasteiger partial charge < -0.3 is 10.0 Å². The molecule has 0 saturated carbocycles. The molecular formula is C15H13NO2S. The molecule has 1 aromatic heterocycles. The van der Waals surface area contributed by atoms with Crippen molar-refractivity contribution in [3.8, 4) is 0 Å². The number of aliphatic hydroxyl groups is 1. The zero-order chi connectivity index (χ0) is 13.4. The van der Waals surface area contributed by atoms with Crippen LogP contribution in [-0.4, -0.2) is 22.5 Å². The fourth-order valence-electron chi connectivity index (χ4n) is 2.27. The van der Waals surface area contributed by atoms with Gasteiger partial charge in [0.25, 0.3) is 5.91 Å². The van der Waals surface area contributed by atoms with Crippen molar-refractivity contribution in [2.45, 2.75) is 6.10 Å². The summed E-state index contributed by atoms with van der Waals surface area (Å²) in [5, 5.41) is 14.0. The first-order valence-corrected chi connectivity index (χ1v) is 6.93. The summed E-state index contributed by atoms with van der Waals surface area (Å²) >= 11 is 1.53. The van der Waals surface area contributed by atoms with Crippen molar-refractivity contribution in [1.82, 2.24) is 4.90 Å². The topological polar surface area (TPSA) is 40.5 Å². The van der Waals surface area contributed by atoms with E-state index >= 15 is 0 Å². The van der Waals surface area contributed by atoms with E-state index in [1.165, 1.54) is 11.3 Å². The summed E-state index contributed by atoms with van der Waals surface area (Å²) in [6.45, 7) is 4.20. The molecule has 1 aliphatic heterocycles. The molecule has 1 aliphatic rings. The Balaban J connectivity index is 1.85. The number of fused-ring (bicyclic) bond motifs is 1. The van der Waals surface area contributed by atoms with E-state index in [4.69, 9.17) is 0 Å². The van der Waals surface area contributed by atoms with Gasteiger partial charge in [-0.3, -0.25) is 4.79 Å². The SMILES string of the molecule is C=C1c2ccccc2C(=O)N1CC(O)c1ccsc1. The molecule has 1 aromatic carbocycles. The molecule has 0 fully saturated rings. The van der Waals surface area contributed by atoms with Gasteiger partial charge in [0.15, 0.2) is 0 Å². The van der Waals surface area contributed by atoms with Crippen molar-refractivity contribution < 1.29 is 9.90 Å². The lowest BCUT2D eigenvalue weighted by atomic mass is 10.1. The normalized spacial score (nSPS) is 15.7. The molecule has 96 valence electrons. The Hall–Kier alpha value is -1.91. The lowest BCUT2D eigenvalue weighted by molar-refractivity contribution is 0.0761. The predicted molar refractivity (Wildman–Crippen MR) is 75.8 cm³/mol. The van der Waals surface area contributed by atoms with Crippen molar-refractivity contribution in [2.24, 2.45) is 0 Å². The quantitative estimate of drug-likeness (QED) is 0.932. The second-order valence-electron chi connectivity index (χ2n) is 4.48. The number of hydrogen-bond donors (Lipinski definition) is 1. The third-order valence-electron chi connectivity index (χ3n) is 3.32.